The first kappa shape index (κ1) is 12.9. The largest absolute Gasteiger partial charge is 0.478 e. The van der Waals surface area contributed by atoms with Crippen LogP contribution in [0.15, 0.2) is 54.7 Å². The molecule has 4 N–H and O–H groups in total. The molecule has 0 saturated heterocycles. The van der Waals surface area contributed by atoms with Crippen LogP contribution >= 0.6 is 0 Å². The number of carboxylic acids is 1. The van der Waals surface area contributed by atoms with Crippen LogP contribution in [0.1, 0.15) is 10.4 Å². The molecule has 0 fully saturated rings. The fourth-order valence-corrected chi connectivity index (χ4v) is 2.17. The maximum atomic E-state index is 10.9. The lowest BCUT2D eigenvalue weighted by Gasteiger charge is -2.11. The summed E-state index contributed by atoms with van der Waals surface area (Å²) in [7, 11) is 0. The Morgan fingerprint density at radius 3 is 2.67 bits per heavy atom. The van der Waals surface area contributed by atoms with Crippen molar-refractivity contribution in [1.82, 2.24) is 4.98 Å². The SMILES string of the molecule is Nc1cc(C(=O)O)cnc1Nc1cccc2ccccc12. The monoisotopic (exact) mass is 279 g/mol. The number of benzene rings is 2. The third-order valence-corrected chi connectivity index (χ3v) is 3.21. The fourth-order valence-electron chi connectivity index (χ4n) is 2.17. The molecule has 1 heterocycles. The van der Waals surface area contributed by atoms with Gasteiger partial charge in [-0.25, -0.2) is 9.78 Å². The predicted octanol–water partition coefficient (Wildman–Crippen LogP) is 3.26. The second-order valence-corrected chi connectivity index (χ2v) is 4.62. The van der Waals surface area contributed by atoms with E-state index in [0.717, 1.165) is 16.5 Å². The molecule has 0 aliphatic carbocycles. The molecule has 3 rings (SSSR count). The van der Waals surface area contributed by atoms with Crippen molar-refractivity contribution >= 4 is 33.9 Å². The maximum absolute atomic E-state index is 10.9. The normalized spacial score (nSPS) is 10.5. The van der Waals surface area contributed by atoms with Gasteiger partial charge >= 0.3 is 5.97 Å². The summed E-state index contributed by atoms with van der Waals surface area (Å²) < 4.78 is 0. The van der Waals surface area contributed by atoms with E-state index in [1.165, 1.54) is 12.3 Å². The summed E-state index contributed by atoms with van der Waals surface area (Å²) >= 11 is 0. The van der Waals surface area contributed by atoms with E-state index in [0.29, 0.717) is 11.5 Å². The molecule has 21 heavy (non-hydrogen) atoms. The summed E-state index contributed by atoms with van der Waals surface area (Å²) in [4.78, 5) is 15.0. The first-order valence-corrected chi connectivity index (χ1v) is 6.39. The molecule has 5 heteroatoms. The number of carboxylic acid groups (broad SMARTS) is 1. The standard InChI is InChI=1S/C16H13N3O2/c17-13-8-11(16(20)21)9-18-15(13)19-14-7-3-5-10-4-1-2-6-12(10)14/h1-9H,17H2,(H,18,19)(H,20,21). The van der Waals surface area contributed by atoms with Crippen LogP contribution in [-0.2, 0) is 0 Å². The molecule has 0 saturated carbocycles. The van der Waals surface area contributed by atoms with Crippen LogP contribution in [0.3, 0.4) is 0 Å². The van der Waals surface area contributed by atoms with E-state index in [-0.39, 0.29) is 5.56 Å². The van der Waals surface area contributed by atoms with E-state index in [1.807, 2.05) is 42.5 Å². The molecule has 3 aromatic rings. The highest BCUT2D eigenvalue weighted by Crippen LogP contribution is 2.28. The average Bonchev–Trinajstić information content (AvgIpc) is 2.49. The Bertz CT molecular complexity index is 825. The Balaban J connectivity index is 2.01. The van der Waals surface area contributed by atoms with Gasteiger partial charge in [-0.15, -0.1) is 0 Å². The van der Waals surface area contributed by atoms with Gasteiger partial charge in [0.25, 0.3) is 0 Å². The van der Waals surface area contributed by atoms with Crippen molar-refractivity contribution in [3.05, 3.63) is 60.3 Å². The number of aromatic nitrogens is 1. The summed E-state index contributed by atoms with van der Waals surface area (Å²) in [6, 6.07) is 15.2. The van der Waals surface area contributed by atoms with E-state index < -0.39 is 5.97 Å². The van der Waals surface area contributed by atoms with Crippen molar-refractivity contribution < 1.29 is 9.90 Å². The fraction of sp³-hybridized carbons (Fsp3) is 0. The van der Waals surface area contributed by atoms with Gasteiger partial charge in [-0.3, -0.25) is 0 Å². The van der Waals surface area contributed by atoms with Crippen LogP contribution in [0.25, 0.3) is 10.8 Å². The van der Waals surface area contributed by atoms with Gasteiger partial charge < -0.3 is 16.2 Å². The first-order chi connectivity index (χ1) is 10.1. The summed E-state index contributed by atoms with van der Waals surface area (Å²) in [5.74, 6) is -0.609. The van der Waals surface area contributed by atoms with Gasteiger partial charge in [0.1, 0.15) is 0 Å². The lowest BCUT2D eigenvalue weighted by atomic mass is 10.1. The second kappa shape index (κ2) is 5.13. The number of fused-ring (bicyclic) bond motifs is 1. The van der Waals surface area contributed by atoms with Gasteiger partial charge in [0, 0.05) is 17.3 Å². The third kappa shape index (κ3) is 2.49. The number of nitrogens with one attached hydrogen (secondary N) is 1. The zero-order valence-electron chi connectivity index (χ0n) is 11.1. The van der Waals surface area contributed by atoms with Gasteiger partial charge in [0.15, 0.2) is 5.82 Å². The number of anilines is 3. The average molecular weight is 279 g/mol. The van der Waals surface area contributed by atoms with Crippen LogP contribution in [0.4, 0.5) is 17.2 Å². The quantitative estimate of drug-likeness (QED) is 0.685. The first-order valence-electron chi connectivity index (χ1n) is 6.39. The topological polar surface area (TPSA) is 88.2 Å². The van der Waals surface area contributed by atoms with Crippen molar-refractivity contribution in [3.63, 3.8) is 0 Å². The number of pyridine rings is 1. The van der Waals surface area contributed by atoms with Crippen molar-refractivity contribution in [1.29, 1.82) is 0 Å². The van der Waals surface area contributed by atoms with Crippen LogP contribution in [0, 0.1) is 0 Å². The molecular formula is C16H13N3O2. The van der Waals surface area contributed by atoms with Gasteiger partial charge in [0.05, 0.1) is 11.3 Å². The van der Waals surface area contributed by atoms with Crippen molar-refractivity contribution in [2.75, 3.05) is 11.1 Å². The molecule has 0 bridgehead atoms. The molecule has 5 nitrogen and oxygen atoms in total. The number of nitrogens with zero attached hydrogens (tertiary/aromatic N) is 1. The summed E-state index contributed by atoms with van der Waals surface area (Å²) in [6.07, 6.45) is 1.28. The third-order valence-electron chi connectivity index (χ3n) is 3.21. The minimum atomic E-state index is -1.05. The Hall–Kier alpha value is -3.08. The minimum absolute atomic E-state index is 0.0657. The van der Waals surface area contributed by atoms with Crippen LogP contribution in [-0.4, -0.2) is 16.1 Å². The Kier molecular flexibility index (Phi) is 3.16. The van der Waals surface area contributed by atoms with E-state index in [4.69, 9.17) is 10.8 Å². The van der Waals surface area contributed by atoms with Crippen LogP contribution < -0.4 is 11.1 Å². The molecule has 2 aromatic carbocycles. The molecule has 0 atom stereocenters. The summed E-state index contributed by atoms with van der Waals surface area (Å²) in [6.45, 7) is 0. The number of hydrogen-bond donors (Lipinski definition) is 3. The predicted molar refractivity (Wildman–Crippen MR) is 82.8 cm³/mol. The molecule has 0 radical (unpaired) electrons. The van der Waals surface area contributed by atoms with Gasteiger partial charge in [-0.2, -0.15) is 0 Å². The Labute approximate surface area is 121 Å². The number of nitrogens with two attached hydrogens (primary N) is 1. The molecule has 0 aliphatic rings. The zero-order valence-corrected chi connectivity index (χ0v) is 11.1. The van der Waals surface area contributed by atoms with Crippen molar-refractivity contribution in [3.8, 4) is 0 Å². The van der Waals surface area contributed by atoms with Crippen LogP contribution in [0.2, 0.25) is 0 Å². The maximum Gasteiger partial charge on any atom is 0.337 e. The number of nitrogen functional groups attached to an aromatic ring is 1. The zero-order chi connectivity index (χ0) is 14.8. The van der Waals surface area contributed by atoms with Gasteiger partial charge in [0.2, 0.25) is 0 Å². The van der Waals surface area contributed by atoms with Crippen molar-refractivity contribution in [2.24, 2.45) is 0 Å². The number of rotatable bonds is 3. The van der Waals surface area contributed by atoms with E-state index in [2.05, 4.69) is 10.3 Å². The van der Waals surface area contributed by atoms with Gasteiger partial charge in [-0.1, -0.05) is 36.4 Å². The van der Waals surface area contributed by atoms with Gasteiger partial charge in [-0.05, 0) is 17.5 Å². The van der Waals surface area contributed by atoms with E-state index >= 15 is 0 Å². The molecule has 0 amide bonds. The highest BCUT2D eigenvalue weighted by atomic mass is 16.4. The van der Waals surface area contributed by atoms with Crippen molar-refractivity contribution in [2.45, 2.75) is 0 Å². The highest BCUT2D eigenvalue weighted by Gasteiger charge is 2.09. The summed E-state index contributed by atoms with van der Waals surface area (Å²) in [5.41, 5.74) is 7.09. The highest BCUT2D eigenvalue weighted by molar-refractivity contribution is 5.96. The summed E-state index contributed by atoms with van der Waals surface area (Å²) in [5, 5.41) is 14.2. The minimum Gasteiger partial charge on any atom is -0.478 e. The molecule has 1 aromatic heterocycles. The molecule has 0 aliphatic heterocycles. The molecular weight excluding hydrogens is 266 g/mol. The Morgan fingerprint density at radius 1 is 1.14 bits per heavy atom. The van der Waals surface area contributed by atoms with E-state index in [1.54, 1.807) is 0 Å². The smallest absolute Gasteiger partial charge is 0.337 e. The lowest BCUT2D eigenvalue weighted by molar-refractivity contribution is 0.0696. The Morgan fingerprint density at radius 2 is 1.90 bits per heavy atom. The molecule has 0 spiro atoms. The lowest BCUT2D eigenvalue weighted by Crippen LogP contribution is -2.04. The number of aromatic carboxylic acids is 1. The second-order valence-electron chi connectivity index (χ2n) is 4.62. The number of carbonyl (C=O) groups is 1. The van der Waals surface area contributed by atoms with E-state index in [9.17, 15) is 4.79 Å². The number of hydrogen-bond acceptors (Lipinski definition) is 4. The molecule has 0 unspecified atom stereocenters. The van der Waals surface area contributed by atoms with Crippen LogP contribution in [0.5, 0.6) is 0 Å². The molecule has 104 valence electrons.